The molecule has 0 saturated heterocycles. The zero-order valence-corrected chi connectivity index (χ0v) is 29.5. The third-order valence-corrected chi connectivity index (χ3v) is 11.3. The van der Waals surface area contributed by atoms with E-state index in [4.69, 9.17) is 4.74 Å². The molecule has 254 valence electrons. The third-order valence-electron chi connectivity index (χ3n) is 11.3. The van der Waals surface area contributed by atoms with Crippen molar-refractivity contribution >= 4 is 33.4 Å². The molecule has 1 aliphatic carbocycles. The van der Waals surface area contributed by atoms with E-state index in [-0.39, 0.29) is 12.0 Å². The summed E-state index contributed by atoms with van der Waals surface area (Å²) in [6.07, 6.45) is 11.2. The molecule has 5 nitrogen and oxygen atoms in total. The summed E-state index contributed by atoms with van der Waals surface area (Å²) in [5.74, 6) is 0.0244. The largest absolute Gasteiger partial charge is 0.408 e. The van der Waals surface area contributed by atoms with Crippen molar-refractivity contribution in [1.82, 2.24) is 0 Å². The number of likely N-dealkylation sites (N-methyl/N-ethyl adjacent to an activating group) is 1. The Labute approximate surface area is 308 Å². The number of carbonyl (C=O) groups excluding carboxylic acids is 1. The van der Waals surface area contributed by atoms with Crippen LogP contribution in [-0.2, 0) is 17.7 Å². The molecule has 10 rings (SSSR count). The smallest absolute Gasteiger partial charge is 0.389 e. The topological polar surface area (TPSA) is 37.1 Å². The number of rotatable bonds is 6. The number of nitrogens with zero attached hydrogens (tertiary/aromatic N) is 3. The van der Waals surface area contributed by atoms with Gasteiger partial charge in [-0.05, 0) is 65.6 Å². The highest BCUT2D eigenvalue weighted by atomic mass is 16.6. The van der Waals surface area contributed by atoms with Crippen molar-refractivity contribution in [2.45, 2.75) is 31.2 Å². The van der Waals surface area contributed by atoms with E-state index in [0.29, 0.717) is 18.2 Å². The van der Waals surface area contributed by atoms with E-state index in [1.807, 2.05) is 29.0 Å². The molecule has 5 heteroatoms. The number of aromatic nitrogens is 2. The fourth-order valence-electron chi connectivity index (χ4n) is 8.96. The molecule has 7 aromatic rings. The number of esters is 1. The number of allylic oxidation sites excluding steroid dienone is 2. The quantitative estimate of drug-likeness (QED) is 0.100. The second kappa shape index (κ2) is 12.6. The molecule has 3 atom stereocenters. The first kappa shape index (κ1) is 31.3. The normalized spacial score (nSPS) is 18.6. The van der Waals surface area contributed by atoms with Crippen molar-refractivity contribution in [3.05, 3.63) is 204 Å². The fraction of sp³-hybridized carbons (Fsp3) is 0.125. The van der Waals surface area contributed by atoms with Gasteiger partial charge in [-0.15, -0.1) is 4.57 Å². The molecule has 0 bridgehead atoms. The predicted molar refractivity (Wildman–Crippen MR) is 208 cm³/mol. The number of ether oxygens (including phenoxy) is 1. The Kier molecular flexibility index (Phi) is 7.46. The SMILES string of the molecule is C[N+]1=C(c2ccccc2Cc2ccccc2-c2c3ccccc3c3ccccc3[n+]2CC2OC(=O)c3cccc[n+]32)c2ccccc2C2C=CC=CC21. The minimum Gasteiger partial charge on any atom is -0.389 e. The number of pyridine rings is 2. The Hall–Kier alpha value is -6.46. The average molecular weight is 689 g/mol. The molecule has 2 aliphatic heterocycles. The van der Waals surface area contributed by atoms with Crippen molar-refractivity contribution < 1.29 is 23.2 Å². The summed E-state index contributed by atoms with van der Waals surface area (Å²) in [5.41, 5.74) is 11.6. The van der Waals surface area contributed by atoms with Gasteiger partial charge >= 0.3 is 12.2 Å². The van der Waals surface area contributed by atoms with Crippen LogP contribution in [0.1, 0.15) is 50.5 Å². The average Bonchev–Trinajstić information content (AvgIpc) is 3.53. The Bertz CT molecular complexity index is 2720. The Balaban J connectivity index is 1.16. The maximum atomic E-state index is 13.0. The molecular formula is C48H38N3O2+3. The summed E-state index contributed by atoms with van der Waals surface area (Å²) in [6.45, 7) is 0.461. The van der Waals surface area contributed by atoms with Gasteiger partial charge in [0.1, 0.15) is 7.05 Å². The molecule has 5 aromatic carbocycles. The minimum atomic E-state index is -0.481. The van der Waals surface area contributed by atoms with Crippen molar-refractivity contribution in [3.8, 4) is 11.3 Å². The number of hydrogen-bond donors (Lipinski definition) is 0. The van der Waals surface area contributed by atoms with Crippen molar-refractivity contribution in [2.24, 2.45) is 0 Å². The zero-order valence-electron chi connectivity index (χ0n) is 29.5. The third kappa shape index (κ3) is 5.07. The van der Waals surface area contributed by atoms with Crippen LogP contribution < -0.4 is 9.13 Å². The van der Waals surface area contributed by atoms with Crippen LogP contribution in [-0.4, -0.2) is 29.3 Å². The lowest BCUT2D eigenvalue weighted by atomic mass is 9.78. The van der Waals surface area contributed by atoms with Gasteiger partial charge in [-0.3, -0.25) is 0 Å². The molecule has 3 unspecified atom stereocenters. The molecule has 3 aliphatic rings. The molecule has 0 saturated carbocycles. The van der Waals surface area contributed by atoms with Gasteiger partial charge < -0.3 is 4.74 Å². The summed E-state index contributed by atoms with van der Waals surface area (Å²) < 4.78 is 12.9. The number of cyclic esters (lactones) is 1. The standard InChI is InChI=1S/C48H38N3O2/c1-49-42-26-12-10-22-38(42)36-20-6-8-24-40(36)46(49)34-18-4-2-16-32(34)30-33-17-3-5-19-35(33)47-41-25-9-7-21-37(41)39-23-11-13-27-43(39)51(47)31-45-50-29-15-14-28-44(50)48(52)53-45/h2-29,38,42,45H,30-31H2,1H3/q+3. The van der Waals surface area contributed by atoms with Gasteiger partial charge in [-0.25, -0.2) is 9.37 Å². The minimum absolute atomic E-state index is 0.251. The van der Waals surface area contributed by atoms with Gasteiger partial charge in [-0.1, -0.05) is 103 Å². The second-order valence-electron chi connectivity index (χ2n) is 14.2. The predicted octanol–water partition coefficient (Wildman–Crippen LogP) is 8.27. The summed E-state index contributed by atoms with van der Waals surface area (Å²) in [6, 6.07) is 49.8. The number of carbonyl (C=O) groups is 1. The van der Waals surface area contributed by atoms with Crippen LogP contribution in [0, 0.1) is 0 Å². The maximum absolute atomic E-state index is 13.0. The van der Waals surface area contributed by atoms with Crippen LogP contribution in [0.2, 0.25) is 0 Å². The van der Waals surface area contributed by atoms with E-state index < -0.39 is 6.23 Å². The highest BCUT2D eigenvalue weighted by Gasteiger charge is 2.43. The van der Waals surface area contributed by atoms with Crippen LogP contribution in [0.4, 0.5) is 0 Å². The molecule has 0 amide bonds. The maximum Gasteiger partial charge on any atom is 0.408 e. The van der Waals surface area contributed by atoms with Crippen LogP contribution in [0.25, 0.3) is 32.9 Å². The van der Waals surface area contributed by atoms with E-state index in [0.717, 1.165) is 34.0 Å². The summed E-state index contributed by atoms with van der Waals surface area (Å²) >= 11 is 0. The summed E-state index contributed by atoms with van der Waals surface area (Å²) in [5, 5.41) is 3.52. The Morgan fingerprint density at radius 1 is 0.623 bits per heavy atom. The van der Waals surface area contributed by atoms with Crippen LogP contribution >= 0.6 is 0 Å². The second-order valence-corrected chi connectivity index (χ2v) is 14.2. The van der Waals surface area contributed by atoms with Crippen molar-refractivity contribution in [3.63, 3.8) is 0 Å². The van der Waals surface area contributed by atoms with Crippen LogP contribution in [0.5, 0.6) is 0 Å². The van der Waals surface area contributed by atoms with Gasteiger partial charge in [0.15, 0.2) is 12.2 Å². The lowest BCUT2D eigenvalue weighted by Gasteiger charge is -2.30. The zero-order chi connectivity index (χ0) is 35.5. The molecule has 2 aromatic heterocycles. The number of fused-ring (bicyclic) bond motifs is 7. The van der Waals surface area contributed by atoms with E-state index in [1.54, 1.807) is 0 Å². The monoisotopic (exact) mass is 688 g/mol. The van der Waals surface area contributed by atoms with Gasteiger partial charge in [0, 0.05) is 29.1 Å². The van der Waals surface area contributed by atoms with Gasteiger partial charge in [-0.2, -0.15) is 4.57 Å². The number of para-hydroxylation sites is 1. The first-order chi connectivity index (χ1) is 26.2. The number of benzene rings is 5. The van der Waals surface area contributed by atoms with Gasteiger partial charge in [0.25, 0.3) is 5.69 Å². The summed E-state index contributed by atoms with van der Waals surface area (Å²) in [7, 11) is 2.24. The van der Waals surface area contributed by atoms with Crippen LogP contribution in [0.3, 0.4) is 0 Å². The summed E-state index contributed by atoms with van der Waals surface area (Å²) in [4.78, 5) is 13.0. The lowest BCUT2D eigenvalue weighted by Crippen LogP contribution is -2.49. The molecule has 0 radical (unpaired) electrons. The molecular weight excluding hydrogens is 651 g/mol. The van der Waals surface area contributed by atoms with Gasteiger partial charge in [0.2, 0.25) is 23.5 Å². The molecule has 53 heavy (non-hydrogen) atoms. The van der Waals surface area contributed by atoms with E-state index in [9.17, 15) is 4.79 Å². The van der Waals surface area contributed by atoms with E-state index >= 15 is 0 Å². The molecule has 0 spiro atoms. The molecule has 0 fully saturated rings. The van der Waals surface area contributed by atoms with E-state index in [2.05, 4.69) is 162 Å². The van der Waals surface area contributed by atoms with Crippen molar-refractivity contribution in [1.29, 1.82) is 0 Å². The number of hydrogen-bond acceptors (Lipinski definition) is 2. The van der Waals surface area contributed by atoms with Gasteiger partial charge in [0.05, 0.1) is 27.8 Å². The Morgan fingerprint density at radius 3 is 2.11 bits per heavy atom. The fourth-order valence-corrected chi connectivity index (χ4v) is 8.96. The van der Waals surface area contributed by atoms with E-state index in [1.165, 1.54) is 38.9 Å². The first-order valence-electron chi connectivity index (χ1n) is 18.4. The lowest BCUT2D eigenvalue weighted by molar-refractivity contribution is -0.803. The van der Waals surface area contributed by atoms with Crippen LogP contribution in [0.15, 0.2) is 170 Å². The molecule has 4 heterocycles. The highest BCUT2D eigenvalue weighted by Crippen LogP contribution is 2.38. The first-order valence-corrected chi connectivity index (χ1v) is 18.4. The highest BCUT2D eigenvalue weighted by molar-refractivity contribution is 6.12. The Morgan fingerprint density at radius 2 is 1.26 bits per heavy atom. The molecule has 0 N–H and O–H groups in total. The van der Waals surface area contributed by atoms with Crippen molar-refractivity contribution in [2.75, 3.05) is 7.05 Å².